The van der Waals surface area contributed by atoms with Gasteiger partial charge in [-0.1, -0.05) is 32.4 Å². The van der Waals surface area contributed by atoms with Gasteiger partial charge in [-0.15, -0.1) is 0 Å². The van der Waals surface area contributed by atoms with Crippen LogP contribution in [0.5, 0.6) is 5.75 Å². The van der Waals surface area contributed by atoms with Crippen LogP contribution in [0, 0.1) is 5.92 Å². The maximum absolute atomic E-state index is 13.0. The first-order valence-electron chi connectivity index (χ1n) is 12.0. The monoisotopic (exact) mass is 525 g/mol. The number of aliphatic carboxylic acids is 1. The molecule has 0 aliphatic carbocycles. The number of nitrogens with two attached hydrogens (primary N) is 2. The summed E-state index contributed by atoms with van der Waals surface area (Å²) in [5, 5.41) is 26.5. The maximum atomic E-state index is 13.0. The van der Waals surface area contributed by atoms with Crippen LogP contribution in [-0.2, 0) is 25.6 Å². The summed E-state index contributed by atoms with van der Waals surface area (Å²) >= 11 is 4.13. The van der Waals surface area contributed by atoms with Crippen molar-refractivity contribution in [1.29, 1.82) is 0 Å². The summed E-state index contributed by atoms with van der Waals surface area (Å²) in [6, 6.07) is 2.13. The first kappa shape index (κ1) is 31.2. The van der Waals surface area contributed by atoms with Crippen LogP contribution in [0.2, 0.25) is 0 Å². The molecule has 0 aliphatic heterocycles. The van der Waals surface area contributed by atoms with E-state index in [4.69, 9.17) is 11.5 Å². The average molecular weight is 526 g/mol. The van der Waals surface area contributed by atoms with Crippen LogP contribution in [0.4, 0.5) is 0 Å². The molecule has 0 aromatic heterocycles. The van der Waals surface area contributed by atoms with Gasteiger partial charge in [0.2, 0.25) is 17.7 Å². The molecular weight excluding hydrogens is 486 g/mol. The van der Waals surface area contributed by atoms with Crippen LogP contribution < -0.4 is 27.4 Å². The molecule has 5 unspecified atom stereocenters. The summed E-state index contributed by atoms with van der Waals surface area (Å²) in [7, 11) is 0. The lowest BCUT2D eigenvalue weighted by atomic mass is 9.99. The molecule has 5 atom stereocenters. The van der Waals surface area contributed by atoms with Gasteiger partial charge in [-0.2, -0.15) is 12.6 Å². The fourth-order valence-corrected chi connectivity index (χ4v) is 3.68. The Morgan fingerprint density at radius 1 is 0.972 bits per heavy atom. The van der Waals surface area contributed by atoms with E-state index in [1.54, 1.807) is 19.1 Å². The fourth-order valence-electron chi connectivity index (χ4n) is 3.42. The van der Waals surface area contributed by atoms with Crippen molar-refractivity contribution in [3.63, 3.8) is 0 Å². The largest absolute Gasteiger partial charge is 0.508 e. The van der Waals surface area contributed by atoms with Crippen molar-refractivity contribution >= 4 is 36.3 Å². The topological polar surface area (TPSA) is 197 Å². The maximum Gasteiger partial charge on any atom is 0.326 e. The molecule has 0 radical (unpaired) electrons. The van der Waals surface area contributed by atoms with Crippen LogP contribution in [0.3, 0.4) is 0 Å². The number of hydrogen-bond acceptors (Lipinski definition) is 8. The lowest BCUT2D eigenvalue weighted by Gasteiger charge is -2.26. The van der Waals surface area contributed by atoms with E-state index < -0.39 is 47.9 Å². The second kappa shape index (κ2) is 16.0. The Labute approximate surface area is 217 Å². The number of carboxylic acids is 1. The zero-order valence-electron chi connectivity index (χ0n) is 20.8. The molecule has 0 heterocycles. The third-order valence-corrected chi connectivity index (χ3v) is 6.27. The molecule has 0 spiro atoms. The average Bonchev–Trinajstić information content (AvgIpc) is 2.85. The first-order valence-corrected chi connectivity index (χ1v) is 12.7. The fraction of sp³-hybridized carbons (Fsp3) is 0.583. The molecule has 0 fully saturated rings. The first-order chi connectivity index (χ1) is 17.0. The number of thiol groups is 1. The number of amides is 3. The zero-order valence-corrected chi connectivity index (χ0v) is 21.7. The third-order valence-electron chi connectivity index (χ3n) is 5.90. The van der Waals surface area contributed by atoms with E-state index in [1.165, 1.54) is 12.1 Å². The Balaban J connectivity index is 2.88. The van der Waals surface area contributed by atoms with Crippen LogP contribution in [-0.4, -0.2) is 70.4 Å². The number of unbranched alkanes of at least 4 members (excludes halogenated alkanes) is 1. The molecule has 0 saturated carbocycles. The van der Waals surface area contributed by atoms with Crippen molar-refractivity contribution in [3.8, 4) is 5.75 Å². The summed E-state index contributed by atoms with van der Waals surface area (Å²) in [5.41, 5.74) is 12.3. The molecular formula is C24H39N5O6S. The number of carbonyl (C=O) groups excluding carboxylic acids is 3. The molecule has 1 aromatic rings. The zero-order chi connectivity index (χ0) is 27.3. The Kier molecular flexibility index (Phi) is 13.9. The number of phenols is 1. The van der Waals surface area contributed by atoms with Gasteiger partial charge >= 0.3 is 5.97 Å². The van der Waals surface area contributed by atoms with E-state index in [-0.39, 0.29) is 30.3 Å². The van der Waals surface area contributed by atoms with Gasteiger partial charge < -0.3 is 37.6 Å². The van der Waals surface area contributed by atoms with Crippen LogP contribution in [0.1, 0.15) is 45.1 Å². The predicted octanol–water partition coefficient (Wildman–Crippen LogP) is -0.0941. The quantitative estimate of drug-likeness (QED) is 0.108. The highest BCUT2D eigenvalue weighted by Crippen LogP contribution is 2.12. The molecule has 9 N–H and O–H groups in total. The predicted molar refractivity (Wildman–Crippen MR) is 139 cm³/mol. The van der Waals surface area contributed by atoms with Gasteiger partial charge in [-0.25, -0.2) is 4.79 Å². The van der Waals surface area contributed by atoms with Crippen molar-refractivity contribution in [2.24, 2.45) is 17.4 Å². The molecule has 202 valence electrons. The van der Waals surface area contributed by atoms with Crippen molar-refractivity contribution in [1.82, 2.24) is 16.0 Å². The second-order valence-electron chi connectivity index (χ2n) is 8.78. The summed E-state index contributed by atoms with van der Waals surface area (Å²) < 4.78 is 0. The lowest BCUT2D eigenvalue weighted by molar-refractivity contribution is -0.143. The normalized spacial score (nSPS) is 15.1. The molecule has 12 heteroatoms. The number of aromatic hydroxyl groups is 1. The minimum Gasteiger partial charge on any atom is -0.508 e. The molecule has 0 bridgehead atoms. The Hall–Kier alpha value is -2.83. The molecule has 0 saturated heterocycles. The van der Waals surface area contributed by atoms with Crippen molar-refractivity contribution in [2.45, 2.75) is 70.1 Å². The molecule has 11 nitrogen and oxygen atoms in total. The Morgan fingerprint density at radius 2 is 1.56 bits per heavy atom. The van der Waals surface area contributed by atoms with Gasteiger partial charge in [0.25, 0.3) is 0 Å². The van der Waals surface area contributed by atoms with E-state index in [0.717, 1.165) is 5.56 Å². The number of hydrogen-bond donors (Lipinski definition) is 8. The van der Waals surface area contributed by atoms with Gasteiger partial charge in [0.05, 0.1) is 6.04 Å². The number of carboxylic acid groups (broad SMARTS) is 1. The van der Waals surface area contributed by atoms with Gasteiger partial charge in [0.1, 0.15) is 23.9 Å². The smallest absolute Gasteiger partial charge is 0.326 e. The number of carbonyl (C=O) groups is 4. The van der Waals surface area contributed by atoms with Crippen LogP contribution in [0.25, 0.3) is 0 Å². The van der Waals surface area contributed by atoms with Crippen LogP contribution >= 0.6 is 12.6 Å². The highest BCUT2D eigenvalue weighted by molar-refractivity contribution is 7.80. The van der Waals surface area contributed by atoms with E-state index in [0.29, 0.717) is 25.8 Å². The molecule has 1 rings (SSSR count). The van der Waals surface area contributed by atoms with Crippen LogP contribution in [0.15, 0.2) is 24.3 Å². The number of rotatable bonds is 16. The molecule has 3 amide bonds. The summed E-state index contributed by atoms with van der Waals surface area (Å²) in [5.74, 6) is -3.31. The highest BCUT2D eigenvalue weighted by atomic mass is 32.1. The number of nitrogens with one attached hydrogen (secondary N) is 3. The standard InChI is InChI=1S/C24H39N5O6S/c1-3-14(2)20(24(34)35)29-23(33)19(13-36)28-22(32)18(6-4-5-11-25)27-21(31)17(26)12-15-7-9-16(30)10-8-15/h7-10,14,17-20,30,36H,3-6,11-13,25-26H2,1-2H3,(H,27,31)(H,28,32)(H,29,33)(H,34,35). The Morgan fingerprint density at radius 3 is 2.08 bits per heavy atom. The summed E-state index contributed by atoms with van der Waals surface area (Å²) in [6.07, 6.45) is 2.18. The van der Waals surface area contributed by atoms with Gasteiger partial charge in [-0.3, -0.25) is 14.4 Å². The minimum atomic E-state index is -1.17. The van der Waals surface area contributed by atoms with E-state index in [1.807, 2.05) is 6.92 Å². The minimum absolute atomic E-state index is 0.0751. The van der Waals surface area contributed by atoms with E-state index in [9.17, 15) is 29.4 Å². The number of benzene rings is 1. The lowest BCUT2D eigenvalue weighted by Crippen LogP contribution is -2.58. The molecule has 0 aliphatic rings. The highest BCUT2D eigenvalue weighted by Gasteiger charge is 2.31. The Bertz CT molecular complexity index is 869. The van der Waals surface area contributed by atoms with Gasteiger partial charge in [0.15, 0.2) is 0 Å². The van der Waals surface area contributed by atoms with Crippen molar-refractivity contribution in [2.75, 3.05) is 12.3 Å². The van der Waals surface area contributed by atoms with Gasteiger partial charge in [-0.05, 0) is 55.8 Å². The van der Waals surface area contributed by atoms with E-state index in [2.05, 4.69) is 28.6 Å². The van der Waals surface area contributed by atoms with Crippen molar-refractivity contribution < 1.29 is 29.4 Å². The molecule has 36 heavy (non-hydrogen) atoms. The third kappa shape index (κ3) is 10.4. The van der Waals surface area contributed by atoms with E-state index >= 15 is 0 Å². The van der Waals surface area contributed by atoms with Crippen molar-refractivity contribution in [3.05, 3.63) is 29.8 Å². The second-order valence-corrected chi connectivity index (χ2v) is 9.14. The summed E-state index contributed by atoms with van der Waals surface area (Å²) in [6.45, 7) is 3.93. The summed E-state index contributed by atoms with van der Waals surface area (Å²) in [4.78, 5) is 50.0. The van der Waals surface area contributed by atoms with Gasteiger partial charge in [0, 0.05) is 5.75 Å². The number of phenolic OH excluding ortho intramolecular Hbond substituents is 1. The molecule has 1 aromatic carbocycles. The SMILES string of the molecule is CCC(C)C(NC(=O)C(CS)NC(=O)C(CCCCN)NC(=O)C(N)Cc1ccc(O)cc1)C(=O)O.